The molecule has 0 spiro atoms. The average Bonchev–Trinajstić information content (AvgIpc) is 2.56. The minimum atomic E-state index is -0.794. The van der Waals surface area contributed by atoms with Crippen molar-refractivity contribution in [1.29, 1.82) is 0 Å². The van der Waals surface area contributed by atoms with Crippen molar-refractivity contribution >= 4 is 34.4 Å². The average molecular weight is 438 g/mol. The fourth-order valence-electron chi connectivity index (χ4n) is 2.39. The molecule has 2 aromatic rings. The van der Waals surface area contributed by atoms with Crippen LogP contribution in [0.1, 0.15) is 17.2 Å². The number of amides is 2. The number of carbonyl (C=O) groups is 2. The van der Waals surface area contributed by atoms with E-state index in [0.29, 0.717) is 6.42 Å². The number of primary amides is 1. The highest BCUT2D eigenvalue weighted by Gasteiger charge is 2.25. The van der Waals surface area contributed by atoms with Gasteiger partial charge in [0.2, 0.25) is 5.91 Å². The molecular weight excluding hydrogens is 419 g/mol. The molecule has 3 N–H and O–H groups in total. The Hall–Kier alpha value is -1.93. The van der Waals surface area contributed by atoms with Gasteiger partial charge in [0.15, 0.2) is 6.10 Å². The summed E-state index contributed by atoms with van der Waals surface area (Å²) in [7, 11) is 1.45. The molecule has 0 saturated carbocycles. The Bertz CT molecular complexity index is 706. The summed E-state index contributed by atoms with van der Waals surface area (Å²) in [6.45, 7) is 0. The molecule has 5 nitrogen and oxygen atoms in total. The zero-order valence-electron chi connectivity index (χ0n) is 13.2. The van der Waals surface area contributed by atoms with E-state index in [1.807, 2.05) is 42.5 Å². The summed E-state index contributed by atoms with van der Waals surface area (Å²) in [5.41, 5.74) is 7.10. The first kappa shape index (κ1) is 18.4. The number of methoxy groups -OCH3 is 1. The summed E-state index contributed by atoms with van der Waals surface area (Å²) in [6, 6.07) is 16.0. The molecule has 0 aliphatic rings. The van der Waals surface area contributed by atoms with Crippen LogP contribution in [0.15, 0.2) is 54.6 Å². The highest BCUT2D eigenvalue weighted by atomic mass is 127. The van der Waals surface area contributed by atoms with Gasteiger partial charge in [-0.15, -0.1) is 0 Å². The Kier molecular flexibility index (Phi) is 6.74. The fraction of sp³-hybridized carbons (Fsp3) is 0.222. The van der Waals surface area contributed by atoms with Gasteiger partial charge < -0.3 is 15.8 Å². The first-order valence-electron chi connectivity index (χ1n) is 7.43. The van der Waals surface area contributed by atoms with Gasteiger partial charge in [0.1, 0.15) is 6.04 Å². The summed E-state index contributed by atoms with van der Waals surface area (Å²) in [5.74, 6) is -0.969. The lowest BCUT2D eigenvalue weighted by Crippen LogP contribution is -2.47. The molecule has 2 atom stereocenters. The lowest BCUT2D eigenvalue weighted by atomic mass is 10.0. The molecule has 24 heavy (non-hydrogen) atoms. The van der Waals surface area contributed by atoms with Crippen molar-refractivity contribution in [2.45, 2.75) is 18.6 Å². The van der Waals surface area contributed by atoms with Gasteiger partial charge in [0, 0.05) is 17.1 Å². The van der Waals surface area contributed by atoms with E-state index < -0.39 is 24.0 Å². The Morgan fingerprint density at radius 2 is 1.88 bits per heavy atom. The maximum atomic E-state index is 12.5. The summed E-state index contributed by atoms with van der Waals surface area (Å²) >= 11 is 2.20. The molecule has 0 aromatic heterocycles. The van der Waals surface area contributed by atoms with Crippen molar-refractivity contribution in [3.8, 4) is 0 Å². The van der Waals surface area contributed by atoms with Crippen LogP contribution in [-0.4, -0.2) is 25.0 Å². The highest BCUT2D eigenvalue weighted by Crippen LogP contribution is 2.17. The number of nitrogens with one attached hydrogen (secondary N) is 1. The predicted octanol–water partition coefficient (Wildman–Crippen LogP) is 2.19. The van der Waals surface area contributed by atoms with E-state index in [1.54, 1.807) is 12.1 Å². The summed E-state index contributed by atoms with van der Waals surface area (Å²) in [5, 5.41) is 2.69. The molecule has 0 unspecified atom stereocenters. The van der Waals surface area contributed by atoms with E-state index in [9.17, 15) is 9.59 Å². The van der Waals surface area contributed by atoms with Crippen molar-refractivity contribution in [3.05, 3.63) is 69.3 Å². The number of rotatable bonds is 7. The van der Waals surface area contributed by atoms with Gasteiger partial charge in [-0.1, -0.05) is 42.5 Å². The third-order valence-electron chi connectivity index (χ3n) is 3.56. The second-order valence-electron chi connectivity index (χ2n) is 5.32. The second-order valence-corrected chi connectivity index (χ2v) is 6.57. The van der Waals surface area contributed by atoms with Gasteiger partial charge in [-0.05, 0) is 45.9 Å². The molecule has 0 aliphatic heterocycles. The minimum Gasteiger partial charge on any atom is -0.368 e. The number of nitrogens with two attached hydrogens (primary N) is 1. The Morgan fingerprint density at radius 3 is 2.46 bits per heavy atom. The standard InChI is InChI=1S/C18H19IN2O3/c1-24-16(13-7-3-2-4-8-13)18(23)21-15(17(20)22)11-12-6-5-9-14(19)10-12/h2-10,15-16H,11H2,1H3,(H2,20,22)(H,21,23)/t15-,16+/m1/s1. The monoisotopic (exact) mass is 438 g/mol. The van der Waals surface area contributed by atoms with Gasteiger partial charge in [0.25, 0.3) is 5.91 Å². The number of hydrogen-bond acceptors (Lipinski definition) is 3. The Labute approximate surface area is 154 Å². The maximum absolute atomic E-state index is 12.5. The van der Waals surface area contributed by atoms with Crippen LogP contribution in [0.25, 0.3) is 0 Å². The SMILES string of the molecule is CO[C@H](C(=O)N[C@H](Cc1cccc(I)c1)C(N)=O)c1ccccc1. The van der Waals surface area contributed by atoms with E-state index in [0.717, 1.165) is 14.7 Å². The molecule has 126 valence electrons. The van der Waals surface area contributed by atoms with Crippen LogP contribution in [0.4, 0.5) is 0 Å². The number of halogens is 1. The van der Waals surface area contributed by atoms with Gasteiger partial charge >= 0.3 is 0 Å². The first-order valence-corrected chi connectivity index (χ1v) is 8.51. The van der Waals surface area contributed by atoms with E-state index in [-0.39, 0.29) is 0 Å². The van der Waals surface area contributed by atoms with Crippen LogP contribution < -0.4 is 11.1 Å². The molecule has 2 aromatic carbocycles. The van der Waals surface area contributed by atoms with E-state index in [2.05, 4.69) is 27.9 Å². The summed E-state index contributed by atoms with van der Waals surface area (Å²) in [4.78, 5) is 24.2. The van der Waals surface area contributed by atoms with Gasteiger partial charge in [-0.3, -0.25) is 9.59 Å². The van der Waals surface area contributed by atoms with Crippen LogP contribution in [0.3, 0.4) is 0 Å². The molecule has 2 amide bonds. The van der Waals surface area contributed by atoms with E-state index in [1.165, 1.54) is 7.11 Å². The van der Waals surface area contributed by atoms with Crippen molar-refractivity contribution in [2.75, 3.05) is 7.11 Å². The summed E-state index contributed by atoms with van der Waals surface area (Å²) in [6.07, 6.45) is -0.452. The van der Waals surface area contributed by atoms with E-state index in [4.69, 9.17) is 10.5 Å². The number of carbonyl (C=O) groups excluding carboxylic acids is 2. The highest BCUT2D eigenvalue weighted by molar-refractivity contribution is 14.1. The van der Waals surface area contributed by atoms with Crippen LogP contribution in [0, 0.1) is 3.57 Å². The molecule has 0 heterocycles. The van der Waals surface area contributed by atoms with Crippen LogP contribution in [-0.2, 0) is 20.7 Å². The smallest absolute Gasteiger partial charge is 0.254 e. The first-order chi connectivity index (χ1) is 11.5. The van der Waals surface area contributed by atoms with Crippen molar-refractivity contribution in [3.63, 3.8) is 0 Å². The maximum Gasteiger partial charge on any atom is 0.254 e. The molecule has 0 radical (unpaired) electrons. The minimum absolute atomic E-state index is 0.336. The summed E-state index contributed by atoms with van der Waals surface area (Å²) < 4.78 is 6.34. The topological polar surface area (TPSA) is 81.4 Å². The van der Waals surface area contributed by atoms with Crippen LogP contribution in [0.2, 0.25) is 0 Å². The third kappa shape index (κ3) is 5.04. The molecule has 6 heteroatoms. The number of hydrogen-bond donors (Lipinski definition) is 2. The van der Waals surface area contributed by atoms with Gasteiger partial charge in [-0.2, -0.15) is 0 Å². The van der Waals surface area contributed by atoms with Crippen LogP contribution in [0.5, 0.6) is 0 Å². The van der Waals surface area contributed by atoms with Crippen molar-refractivity contribution < 1.29 is 14.3 Å². The van der Waals surface area contributed by atoms with Gasteiger partial charge in [0.05, 0.1) is 0 Å². The van der Waals surface area contributed by atoms with Gasteiger partial charge in [-0.25, -0.2) is 0 Å². The molecule has 2 rings (SSSR count). The molecule has 0 aliphatic carbocycles. The predicted molar refractivity (Wildman–Crippen MR) is 100 cm³/mol. The lowest BCUT2D eigenvalue weighted by molar-refractivity contribution is -0.134. The quantitative estimate of drug-likeness (QED) is 0.651. The molecule has 0 fully saturated rings. The molecule has 0 saturated heterocycles. The molecular formula is C18H19IN2O3. The van der Waals surface area contributed by atoms with E-state index >= 15 is 0 Å². The molecule has 0 bridgehead atoms. The van der Waals surface area contributed by atoms with Crippen molar-refractivity contribution in [2.24, 2.45) is 5.73 Å². The Balaban J connectivity index is 2.11. The Morgan fingerprint density at radius 1 is 1.17 bits per heavy atom. The lowest BCUT2D eigenvalue weighted by Gasteiger charge is -2.20. The number of ether oxygens (including phenoxy) is 1. The van der Waals surface area contributed by atoms with Crippen LogP contribution >= 0.6 is 22.6 Å². The number of benzene rings is 2. The second kappa shape index (κ2) is 8.79. The van der Waals surface area contributed by atoms with Crippen molar-refractivity contribution in [1.82, 2.24) is 5.32 Å². The normalized spacial score (nSPS) is 13.1. The third-order valence-corrected chi connectivity index (χ3v) is 4.24. The zero-order chi connectivity index (χ0) is 17.5. The largest absolute Gasteiger partial charge is 0.368 e. The fourth-order valence-corrected chi connectivity index (χ4v) is 3.00. The zero-order valence-corrected chi connectivity index (χ0v) is 15.4.